The second kappa shape index (κ2) is 5.73. The average molecular weight is 375 g/mol. The number of hydrogen-bond donors (Lipinski definition) is 0. The minimum atomic E-state index is -3.94. The molecule has 2 unspecified atom stereocenters. The highest BCUT2D eigenvalue weighted by molar-refractivity contribution is 7.89. The van der Waals surface area contributed by atoms with E-state index in [4.69, 9.17) is 28.0 Å². The van der Waals surface area contributed by atoms with Crippen molar-refractivity contribution in [3.8, 4) is 0 Å². The standard InChI is InChI=1S/C13H8Cl2N2O5S/c14-8-1-6-11(12(15)7-8)13-17(22-13)23(20,21)10-4-2-9(3-5-10)16(18)19/h1-7,13H. The molecule has 0 aliphatic carbocycles. The SMILES string of the molecule is O=[N+]([O-])c1ccc(S(=O)(=O)N2OC2c2ccc(Cl)cc2Cl)cc1. The van der Waals surface area contributed by atoms with Crippen LogP contribution in [0.25, 0.3) is 0 Å². The van der Waals surface area contributed by atoms with Crippen LogP contribution in [-0.2, 0) is 14.9 Å². The summed E-state index contributed by atoms with van der Waals surface area (Å²) in [4.78, 5) is 15.0. The van der Waals surface area contributed by atoms with Gasteiger partial charge < -0.3 is 0 Å². The summed E-state index contributed by atoms with van der Waals surface area (Å²) in [6.45, 7) is 0. The molecule has 0 bridgehead atoms. The number of non-ortho nitro benzene ring substituents is 1. The van der Waals surface area contributed by atoms with Gasteiger partial charge in [0.2, 0.25) is 0 Å². The van der Waals surface area contributed by atoms with Crippen molar-refractivity contribution >= 4 is 38.9 Å². The third-order valence-electron chi connectivity index (χ3n) is 3.16. The van der Waals surface area contributed by atoms with E-state index in [1.54, 1.807) is 12.1 Å². The van der Waals surface area contributed by atoms with Crippen LogP contribution in [0.15, 0.2) is 47.4 Å². The van der Waals surface area contributed by atoms with Gasteiger partial charge >= 0.3 is 0 Å². The fourth-order valence-electron chi connectivity index (χ4n) is 1.97. The third-order valence-corrected chi connectivity index (χ3v) is 5.34. The number of rotatable bonds is 4. The number of halogens is 2. The van der Waals surface area contributed by atoms with E-state index in [2.05, 4.69) is 0 Å². The molecule has 0 spiro atoms. The number of nitro groups is 1. The summed E-state index contributed by atoms with van der Waals surface area (Å²) in [6.07, 6.45) is -0.847. The molecule has 1 aliphatic rings. The quantitative estimate of drug-likeness (QED) is 0.463. The molecule has 2 atom stereocenters. The topological polar surface area (TPSA) is 92.8 Å². The molecule has 2 aromatic carbocycles. The van der Waals surface area contributed by atoms with Crippen molar-refractivity contribution in [2.24, 2.45) is 0 Å². The minimum absolute atomic E-state index is 0.115. The van der Waals surface area contributed by atoms with Gasteiger partial charge in [-0.05, 0) is 28.7 Å². The maximum Gasteiger partial charge on any atom is 0.269 e. The molecule has 0 N–H and O–H groups in total. The summed E-state index contributed by atoms with van der Waals surface area (Å²) in [7, 11) is -3.94. The second-order valence-electron chi connectivity index (χ2n) is 4.64. The van der Waals surface area contributed by atoms with Crippen LogP contribution in [0.2, 0.25) is 10.0 Å². The summed E-state index contributed by atoms with van der Waals surface area (Å²) in [5.74, 6) is 0. The van der Waals surface area contributed by atoms with Crippen molar-refractivity contribution < 1.29 is 18.2 Å². The molecule has 10 heteroatoms. The lowest BCUT2D eigenvalue weighted by molar-refractivity contribution is -0.384. The molecule has 0 radical (unpaired) electrons. The largest absolute Gasteiger partial charge is 0.269 e. The molecule has 0 aromatic heterocycles. The molecule has 2 aromatic rings. The molecule has 7 nitrogen and oxygen atoms in total. The van der Waals surface area contributed by atoms with Crippen LogP contribution in [0.1, 0.15) is 11.8 Å². The Morgan fingerprint density at radius 3 is 2.35 bits per heavy atom. The number of nitro benzene ring substituents is 1. The Labute approximate surface area is 141 Å². The van der Waals surface area contributed by atoms with Gasteiger partial charge in [-0.15, -0.1) is 0 Å². The van der Waals surface area contributed by atoms with E-state index in [1.165, 1.54) is 6.07 Å². The Hall–Kier alpha value is -1.71. The molecular weight excluding hydrogens is 367 g/mol. The number of benzene rings is 2. The lowest BCUT2D eigenvalue weighted by Crippen LogP contribution is -2.12. The molecule has 1 aliphatic heterocycles. The van der Waals surface area contributed by atoms with Crippen LogP contribution in [-0.4, -0.2) is 17.8 Å². The number of sulfonamides is 1. The fourth-order valence-corrected chi connectivity index (χ4v) is 3.72. The van der Waals surface area contributed by atoms with Crippen LogP contribution < -0.4 is 0 Å². The molecular formula is C13H8Cl2N2O5S. The number of hydroxylamine groups is 1. The van der Waals surface area contributed by atoms with E-state index in [0.717, 1.165) is 28.7 Å². The average Bonchev–Trinajstić information content (AvgIpc) is 3.28. The Morgan fingerprint density at radius 1 is 1.13 bits per heavy atom. The van der Waals surface area contributed by atoms with E-state index < -0.39 is 21.2 Å². The minimum Gasteiger partial charge on any atom is -0.258 e. The maximum atomic E-state index is 12.4. The second-order valence-corrected chi connectivity index (χ2v) is 7.26. The van der Waals surface area contributed by atoms with Crippen LogP contribution in [0.3, 0.4) is 0 Å². The number of nitrogens with zero attached hydrogens (tertiary/aromatic N) is 2. The van der Waals surface area contributed by atoms with E-state index in [9.17, 15) is 18.5 Å². The zero-order valence-corrected chi connectivity index (χ0v) is 13.5. The van der Waals surface area contributed by atoms with E-state index >= 15 is 0 Å². The number of hydrogen-bond acceptors (Lipinski definition) is 5. The van der Waals surface area contributed by atoms with E-state index in [1.807, 2.05) is 0 Å². The molecule has 1 saturated heterocycles. The van der Waals surface area contributed by atoms with Gasteiger partial charge in [0.05, 0.1) is 9.82 Å². The molecule has 120 valence electrons. The first kappa shape index (κ1) is 16.2. The highest BCUT2D eigenvalue weighted by atomic mass is 35.5. The Morgan fingerprint density at radius 2 is 1.78 bits per heavy atom. The van der Waals surface area contributed by atoms with Gasteiger partial charge in [-0.2, -0.15) is 0 Å². The van der Waals surface area contributed by atoms with Crippen LogP contribution in [0.4, 0.5) is 5.69 Å². The summed E-state index contributed by atoms with van der Waals surface area (Å²) >= 11 is 11.8. The third kappa shape index (κ3) is 3.04. The molecule has 0 amide bonds. The van der Waals surface area contributed by atoms with Gasteiger partial charge in [0.1, 0.15) is 0 Å². The predicted molar refractivity (Wildman–Crippen MR) is 82.4 cm³/mol. The van der Waals surface area contributed by atoms with Crippen molar-refractivity contribution in [1.82, 2.24) is 4.47 Å². The summed E-state index contributed by atoms with van der Waals surface area (Å²) in [5, 5.41) is 11.3. The first-order valence-electron chi connectivity index (χ1n) is 6.21. The molecule has 1 heterocycles. The Balaban J connectivity index is 1.86. The lowest BCUT2D eigenvalue weighted by Gasteiger charge is -2.03. The highest BCUT2D eigenvalue weighted by Gasteiger charge is 2.49. The molecule has 0 saturated carbocycles. The zero-order chi connectivity index (χ0) is 16.8. The summed E-state index contributed by atoms with van der Waals surface area (Å²) < 4.78 is 25.6. The van der Waals surface area contributed by atoms with Gasteiger partial charge in [0.25, 0.3) is 15.7 Å². The summed E-state index contributed by atoms with van der Waals surface area (Å²) in [6, 6.07) is 9.14. The Kier molecular flexibility index (Phi) is 4.03. The molecule has 1 fully saturated rings. The van der Waals surface area contributed by atoms with Gasteiger partial charge in [-0.25, -0.2) is 8.42 Å². The van der Waals surface area contributed by atoms with Crippen molar-refractivity contribution in [3.05, 3.63) is 68.2 Å². The maximum absolute atomic E-state index is 12.4. The normalized spacial score (nSPS) is 20.3. The first-order chi connectivity index (χ1) is 10.8. The zero-order valence-electron chi connectivity index (χ0n) is 11.2. The first-order valence-corrected chi connectivity index (χ1v) is 8.41. The van der Waals surface area contributed by atoms with E-state index in [-0.39, 0.29) is 15.6 Å². The van der Waals surface area contributed by atoms with E-state index in [0.29, 0.717) is 10.6 Å². The van der Waals surface area contributed by atoms with Gasteiger partial charge in [-0.3, -0.25) is 15.0 Å². The highest BCUT2D eigenvalue weighted by Crippen LogP contribution is 2.45. The van der Waals surface area contributed by atoms with Crippen molar-refractivity contribution in [3.63, 3.8) is 0 Å². The predicted octanol–water partition coefficient (Wildman–Crippen LogP) is 3.54. The van der Waals surface area contributed by atoms with Crippen molar-refractivity contribution in [2.75, 3.05) is 0 Å². The van der Waals surface area contributed by atoms with Gasteiger partial charge in [0.15, 0.2) is 6.23 Å². The van der Waals surface area contributed by atoms with Crippen molar-refractivity contribution in [1.29, 1.82) is 0 Å². The molecule has 23 heavy (non-hydrogen) atoms. The monoisotopic (exact) mass is 374 g/mol. The van der Waals surface area contributed by atoms with Crippen LogP contribution >= 0.6 is 23.2 Å². The lowest BCUT2D eigenvalue weighted by atomic mass is 10.2. The smallest absolute Gasteiger partial charge is 0.258 e. The van der Waals surface area contributed by atoms with Crippen LogP contribution in [0.5, 0.6) is 0 Å². The summed E-state index contributed by atoms with van der Waals surface area (Å²) in [5.41, 5.74) is 0.259. The fraction of sp³-hybridized carbons (Fsp3) is 0.0769. The van der Waals surface area contributed by atoms with Gasteiger partial charge in [0, 0.05) is 27.7 Å². The Bertz CT molecular complexity index is 886. The molecule has 3 rings (SSSR count). The van der Waals surface area contributed by atoms with Crippen LogP contribution in [0, 0.1) is 10.1 Å². The van der Waals surface area contributed by atoms with Crippen molar-refractivity contribution in [2.45, 2.75) is 11.1 Å². The van der Waals surface area contributed by atoms with Gasteiger partial charge in [-0.1, -0.05) is 29.3 Å².